The molecule has 0 aliphatic heterocycles. The van der Waals surface area contributed by atoms with Gasteiger partial charge in [-0.1, -0.05) is 24.0 Å². The highest BCUT2D eigenvalue weighted by molar-refractivity contribution is 7.14. The van der Waals surface area contributed by atoms with Crippen molar-refractivity contribution in [1.82, 2.24) is 0 Å². The van der Waals surface area contributed by atoms with Crippen LogP contribution in [0.1, 0.15) is 25.7 Å². The first-order valence-corrected chi connectivity index (χ1v) is 7.00. The van der Waals surface area contributed by atoms with E-state index in [1.165, 1.54) is 11.3 Å². The molecule has 0 bridgehead atoms. The lowest BCUT2D eigenvalue weighted by Crippen LogP contribution is -2.10. The van der Waals surface area contributed by atoms with Crippen LogP contribution >= 0.6 is 11.3 Å². The molecule has 0 atom stereocenters. The van der Waals surface area contributed by atoms with Crippen LogP contribution < -0.4 is 5.32 Å². The Balaban J connectivity index is 2.17. The van der Waals surface area contributed by atoms with Crippen molar-refractivity contribution in [3.8, 4) is 11.8 Å². The lowest BCUT2D eigenvalue weighted by molar-refractivity contribution is 0.103. The van der Waals surface area contributed by atoms with Crippen LogP contribution in [0.25, 0.3) is 0 Å². The number of anilines is 1. The van der Waals surface area contributed by atoms with Gasteiger partial charge in [-0.3, -0.25) is 4.79 Å². The van der Waals surface area contributed by atoms with Crippen molar-refractivity contribution in [1.29, 1.82) is 0 Å². The molecular weight excluding hydrogens is 270 g/mol. The molecule has 0 fully saturated rings. The Morgan fingerprint density at radius 2 is 2.15 bits per heavy atom. The van der Waals surface area contributed by atoms with E-state index in [9.17, 15) is 4.79 Å². The van der Waals surface area contributed by atoms with Crippen molar-refractivity contribution in [2.24, 2.45) is 0 Å². The number of amides is 1. The van der Waals surface area contributed by atoms with Gasteiger partial charge in [0.1, 0.15) is 6.61 Å². The third kappa shape index (κ3) is 3.47. The molecule has 0 aliphatic carbocycles. The van der Waals surface area contributed by atoms with Crippen LogP contribution in [0.15, 0.2) is 30.3 Å². The Morgan fingerprint density at radius 1 is 1.35 bits per heavy atom. The van der Waals surface area contributed by atoms with Gasteiger partial charge in [0.15, 0.2) is 0 Å². The fourth-order valence-electron chi connectivity index (χ4n) is 1.75. The molecule has 20 heavy (non-hydrogen) atoms. The monoisotopic (exact) mass is 285 g/mol. The predicted molar refractivity (Wildman–Crippen MR) is 82.2 cm³/mol. The van der Waals surface area contributed by atoms with Crippen molar-refractivity contribution in [2.45, 2.75) is 13.8 Å². The average molecular weight is 285 g/mol. The van der Waals surface area contributed by atoms with Gasteiger partial charge in [0, 0.05) is 5.69 Å². The number of carbonyl (C=O) groups excluding carboxylic acids is 1. The molecule has 0 saturated heterocycles. The molecule has 0 radical (unpaired) electrons. The molecule has 0 unspecified atom stereocenters. The van der Waals surface area contributed by atoms with Crippen LogP contribution in [-0.2, 0) is 0 Å². The molecular formula is C16H15NO2S. The van der Waals surface area contributed by atoms with Crippen LogP contribution in [0.4, 0.5) is 5.69 Å². The minimum Gasteiger partial charge on any atom is -0.384 e. The van der Waals surface area contributed by atoms with Crippen LogP contribution in [-0.4, -0.2) is 17.6 Å². The molecule has 0 saturated carbocycles. The zero-order chi connectivity index (χ0) is 14.5. The Hall–Kier alpha value is -2.09. The van der Waals surface area contributed by atoms with Gasteiger partial charge in [-0.25, -0.2) is 0 Å². The Labute approximate surface area is 122 Å². The van der Waals surface area contributed by atoms with E-state index in [1.54, 1.807) is 0 Å². The van der Waals surface area contributed by atoms with Gasteiger partial charge in [0.2, 0.25) is 0 Å². The summed E-state index contributed by atoms with van der Waals surface area (Å²) in [7, 11) is 0. The molecule has 1 amide bonds. The number of carbonyl (C=O) groups is 1. The van der Waals surface area contributed by atoms with Gasteiger partial charge < -0.3 is 10.4 Å². The highest BCUT2D eigenvalue weighted by Crippen LogP contribution is 2.22. The van der Waals surface area contributed by atoms with E-state index >= 15 is 0 Å². The Kier molecular flexibility index (Phi) is 4.57. The molecule has 1 aromatic carbocycles. The zero-order valence-electron chi connectivity index (χ0n) is 11.4. The third-order valence-electron chi connectivity index (χ3n) is 2.70. The second-order valence-electron chi connectivity index (χ2n) is 4.41. The number of hydrogen-bond donors (Lipinski definition) is 2. The van der Waals surface area contributed by atoms with Gasteiger partial charge in [-0.15, -0.1) is 11.3 Å². The summed E-state index contributed by atoms with van der Waals surface area (Å²) in [5, 5.41) is 11.6. The van der Waals surface area contributed by atoms with E-state index in [4.69, 9.17) is 5.11 Å². The largest absolute Gasteiger partial charge is 0.384 e. The number of aliphatic hydroxyl groups is 1. The summed E-state index contributed by atoms with van der Waals surface area (Å²) in [6.07, 6.45) is 0. The first-order chi connectivity index (χ1) is 9.60. The number of nitrogens with one attached hydrogen (secondary N) is 1. The van der Waals surface area contributed by atoms with Gasteiger partial charge in [-0.2, -0.15) is 0 Å². The van der Waals surface area contributed by atoms with E-state index in [0.29, 0.717) is 4.88 Å². The van der Waals surface area contributed by atoms with Gasteiger partial charge in [0.05, 0.1) is 9.75 Å². The van der Waals surface area contributed by atoms with Crippen LogP contribution in [0.2, 0.25) is 0 Å². The topological polar surface area (TPSA) is 49.3 Å². The Bertz CT molecular complexity index is 692. The predicted octanol–water partition coefficient (Wildman–Crippen LogP) is 2.96. The maximum absolute atomic E-state index is 12.2. The number of thiophene rings is 1. The lowest BCUT2D eigenvalue weighted by atomic mass is 10.2. The summed E-state index contributed by atoms with van der Waals surface area (Å²) >= 11 is 1.33. The summed E-state index contributed by atoms with van der Waals surface area (Å²) in [5.41, 5.74) is 2.83. The quantitative estimate of drug-likeness (QED) is 0.833. The number of benzene rings is 1. The fraction of sp³-hybridized carbons (Fsp3) is 0.188. The van der Waals surface area contributed by atoms with Crippen molar-refractivity contribution < 1.29 is 9.90 Å². The molecule has 3 nitrogen and oxygen atoms in total. The molecule has 102 valence electrons. The van der Waals surface area contributed by atoms with E-state index in [0.717, 1.165) is 21.7 Å². The molecule has 4 heteroatoms. The number of aliphatic hydroxyl groups excluding tert-OH is 1. The number of rotatable bonds is 2. The van der Waals surface area contributed by atoms with Crippen LogP contribution in [0.5, 0.6) is 0 Å². The first-order valence-electron chi connectivity index (χ1n) is 6.18. The molecule has 2 N–H and O–H groups in total. The van der Waals surface area contributed by atoms with Gasteiger partial charge in [0.25, 0.3) is 5.91 Å². The summed E-state index contributed by atoms with van der Waals surface area (Å²) in [5.74, 6) is 5.31. The lowest BCUT2D eigenvalue weighted by Gasteiger charge is -2.03. The van der Waals surface area contributed by atoms with E-state index in [1.807, 2.05) is 44.2 Å². The second kappa shape index (κ2) is 6.38. The maximum Gasteiger partial charge on any atom is 0.265 e. The minimum atomic E-state index is -0.178. The molecule has 1 aromatic heterocycles. The third-order valence-corrected chi connectivity index (χ3v) is 3.85. The Morgan fingerprint density at radius 3 is 2.85 bits per heavy atom. The van der Waals surface area contributed by atoms with Crippen molar-refractivity contribution in [3.63, 3.8) is 0 Å². The van der Waals surface area contributed by atoms with E-state index < -0.39 is 0 Å². The summed E-state index contributed by atoms with van der Waals surface area (Å²) in [4.78, 5) is 13.6. The fourth-order valence-corrected chi connectivity index (χ4v) is 2.70. The minimum absolute atomic E-state index is 0.138. The summed E-state index contributed by atoms with van der Waals surface area (Å²) in [6, 6.07) is 9.48. The highest BCUT2D eigenvalue weighted by Gasteiger charge is 2.11. The zero-order valence-corrected chi connectivity index (χ0v) is 12.2. The molecule has 2 aromatic rings. The molecule has 0 spiro atoms. The van der Waals surface area contributed by atoms with Crippen molar-refractivity contribution in [2.75, 3.05) is 11.9 Å². The standard InChI is InChI=1S/C16H15NO2S/c1-11-5-3-6-13(9-11)17-16(19)15-10-12(2)14(20-15)7-4-8-18/h3,5-6,9-10,18H,8H2,1-2H3,(H,17,19). The number of aryl methyl sites for hydroxylation is 2. The average Bonchev–Trinajstić information content (AvgIpc) is 2.78. The summed E-state index contributed by atoms with van der Waals surface area (Å²) in [6.45, 7) is 3.71. The molecule has 0 aliphatic rings. The summed E-state index contributed by atoms with van der Waals surface area (Å²) < 4.78 is 0. The SMILES string of the molecule is Cc1cccc(NC(=O)c2cc(C)c(C#CCO)s2)c1. The first kappa shape index (κ1) is 14.3. The van der Waals surface area contributed by atoms with E-state index in [2.05, 4.69) is 17.2 Å². The molecule has 2 rings (SSSR count). The van der Waals surface area contributed by atoms with Crippen molar-refractivity contribution >= 4 is 22.9 Å². The molecule has 1 heterocycles. The maximum atomic E-state index is 12.2. The highest BCUT2D eigenvalue weighted by atomic mass is 32.1. The van der Waals surface area contributed by atoms with E-state index in [-0.39, 0.29) is 12.5 Å². The van der Waals surface area contributed by atoms with Crippen LogP contribution in [0.3, 0.4) is 0 Å². The normalized spacial score (nSPS) is 9.75. The van der Waals surface area contributed by atoms with Gasteiger partial charge >= 0.3 is 0 Å². The van der Waals surface area contributed by atoms with Crippen LogP contribution in [0, 0.1) is 25.7 Å². The second-order valence-corrected chi connectivity index (χ2v) is 5.46. The van der Waals surface area contributed by atoms with Crippen molar-refractivity contribution in [3.05, 3.63) is 51.2 Å². The number of hydrogen-bond acceptors (Lipinski definition) is 3. The van der Waals surface area contributed by atoms with Gasteiger partial charge in [-0.05, 0) is 43.2 Å². The smallest absolute Gasteiger partial charge is 0.265 e.